The minimum Gasteiger partial charge on any atom is -0.389 e. The highest BCUT2D eigenvalue weighted by Gasteiger charge is 2.39. The van der Waals surface area contributed by atoms with Gasteiger partial charge >= 0.3 is 8.80 Å². The van der Waals surface area contributed by atoms with Gasteiger partial charge in [0.05, 0.1) is 31.3 Å². The monoisotopic (exact) mass is 360 g/mol. The van der Waals surface area contributed by atoms with Gasteiger partial charge in [0.15, 0.2) is 0 Å². The Kier molecular flexibility index (Phi) is 10.4. The van der Waals surface area contributed by atoms with Crippen LogP contribution in [0.5, 0.6) is 0 Å². The highest BCUT2D eigenvalue weighted by molar-refractivity contribution is 6.60. The molecule has 140 valence electrons. The van der Waals surface area contributed by atoms with Crippen molar-refractivity contribution in [2.45, 2.75) is 52.8 Å². The summed E-state index contributed by atoms with van der Waals surface area (Å²) in [5.41, 5.74) is 0.937. The topological polar surface area (TPSA) is 75.0 Å². The third-order valence-corrected chi connectivity index (χ3v) is 6.51. The van der Waals surface area contributed by atoms with Crippen LogP contribution < -0.4 is 0 Å². The smallest absolute Gasteiger partial charge is 0.389 e. The van der Waals surface area contributed by atoms with Crippen LogP contribution in [-0.4, -0.2) is 62.6 Å². The summed E-state index contributed by atoms with van der Waals surface area (Å²) >= 11 is 0. The summed E-state index contributed by atoms with van der Waals surface area (Å²) < 4.78 is 24.8. The molecule has 7 nitrogen and oxygen atoms in total. The van der Waals surface area contributed by atoms with Crippen LogP contribution >= 0.6 is 0 Å². The van der Waals surface area contributed by atoms with Gasteiger partial charge in [-0.3, -0.25) is 0 Å². The molecule has 24 heavy (non-hydrogen) atoms. The number of hydrogen-bond acceptors (Lipinski definition) is 6. The number of ether oxygens (including phenoxy) is 1. The predicted molar refractivity (Wildman–Crippen MR) is 93.8 cm³/mol. The quantitative estimate of drug-likeness (QED) is 0.404. The van der Waals surface area contributed by atoms with Crippen LogP contribution in [0, 0.1) is 6.92 Å². The highest BCUT2D eigenvalue weighted by atomic mass is 28.4. The maximum Gasteiger partial charge on any atom is 0.501 e. The Balaban J connectivity index is 2.26. The van der Waals surface area contributed by atoms with E-state index in [0.717, 1.165) is 18.2 Å². The number of nitrogens with zero attached hydrogens (tertiary/aromatic N) is 2. The normalized spacial score (nSPS) is 13.4. The van der Waals surface area contributed by atoms with Gasteiger partial charge in [0, 0.05) is 38.7 Å². The Bertz CT molecular complexity index is 427. The molecule has 0 saturated heterocycles. The summed E-state index contributed by atoms with van der Waals surface area (Å²) in [4.78, 5) is 4.13. The van der Waals surface area contributed by atoms with Gasteiger partial charge in [-0.2, -0.15) is 0 Å². The van der Waals surface area contributed by atoms with Crippen LogP contribution in [0.25, 0.3) is 0 Å². The summed E-state index contributed by atoms with van der Waals surface area (Å²) in [6, 6.07) is 0.722. The average molecular weight is 361 g/mol. The van der Waals surface area contributed by atoms with E-state index in [0.29, 0.717) is 39.6 Å². The van der Waals surface area contributed by atoms with Gasteiger partial charge in [-0.1, -0.05) is 0 Å². The number of aryl methyl sites for hydroxylation is 1. The van der Waals surface area contributed by atoms with E-state index < -0.39 is 14.9 Å². The zero-order valence-electron chi connectivity index (χ0n) is 15.4. The molecule has 1 N–H and O–H groups in total. The van der Waals surface area contributed by atoms with Crippen LogP contribution in [0.15, 0.2) is 12.5 Å². The van der Waals surface area contributed by atoms with Gasteiger partial charge in [-0.15, -0.1) is 0 Å². The number of imidazole rings is 1. The van der Waals surface area contributed by atoms with Gasteiger partial charge in [0.25, 0.3) is 0 Å². The maximum absolute atomic E-state index is 9.98. The molecule has 1 atom stereocenters. The van der Waals surface area contributed by atoms with Gasteiger partial charge in [-0.05, 0) is 34.1 Å². The lowest BCUT2D eigenvalue weighted by Crippen LogP contribution is -2.46. The Hall–Kier alpha value is -0.773. The van der Waals surface area contributed by atoms with Crippen molar-refractivity contribution in [1.29, 1.82) is 0 Å². The fraction of sp³-hybridized carbons (Fsp3) is 0.812. The molecular formula is C16H32N2O5Si. The van der Waals surface area contributed by atoms with E-state index in [-0.39, 0.29) is 0 Å². The van der Waals surface area contributed by atoms with Crippen molar-refractivity contribution < 1.29 is 23.1 Å². The Morgan fingerprint density at radius 3 is 2.29 bits per heavy atom. The molecule has 0 aliphatic rings. The maximum atomic E-state index is 9.98. The molecule has 0 aliphatic carbocycles. The SMILES string of the molecule is CCO[Si](CCCOCC(O)Cn1cnc(C)c1)(OCC)OCC. The zero-order valence-corrected chi connectivity index (χ0v) is 16.4. The highest BCUT2D eigenvalue weighted by Crippen LogP contribution is 2.18. The van der Waals surface area contributed by atoms with E-state index in [1.807, 2.05) is 38.5 Å². The van der Waals surface area contributed by atoms with Crippen molar-refractivity contribution in [3.8, 4) is 0 Å². The Morgan fingerprint density at radius 2 is 1.79 bits per heavy atom. The van der Waals surface area contributed by atoms with E-state index in [9.17, 15) is 5.11 Å². The number of aliphatic hydroxyl groups excluding tert-OH is 1. The first-order valence-electron chi connectivity index (χ1n) is 8.71. The van der Waals surface area contributed by atoms with E-state index in [4.69, 9.17) is 18.0 Å². The first-order valence-corrected chi connectivity index (χ1v) is 10.6. The van der Waals surface area contributed by atoms with Crippen molar-refractivity contribution in [1.82, 2.24) is 9.55 Å². The Morgan fingerprint density at radius 1 is 1.17 bits per heavy atom. The molecule has 0 aromatic carbocycles. The first-order chi connectivity index (χ1) is 11.5. The van der Waals surface area contributed by atoms with E-state index >= 15 is 0 Å². The molecule has 1 aromatic heterocycles. The fourth-order valence-corrected chi connectivity index (χ4v) is 5.06. The number of aromatic nitrogens is 2. The summed E-state index contributed by atoms with van der Waals surface area (Å²) in [6.45, 7) is 10.8. The van der Waals surface area contributed by atoms with Crippen LogP contribution in [0.4, 0.5) is 0 Å². The summed E-state index contributed by atoms with van der Waals surface area (Å²) in [5, 5.41) is 9.98. The number of rotatable bonds is 14. The second kappa shape index (κ2) is 11.7. The van der Waals surface area contributed by atoms with Gasteiger partial charge < -0.3 is 27.7 Å². The van der Waals surface area contributed by atoms with Gasteiger partial charge in [-0.25, -0.2) is 4.98 Å². The molecule has 0 spiro atoms. The molecule has 1 rings (SSSR count). The molecule has 0 radical (unpaired) electrons. The molecule has 0 amide bonds. The van der Waals surface area contributed by atoms with Crippen molar-refractivity contribution in [2.75, 3.05) is 33.0 Å². The van der Waals surface area contributed by atoms with Crippen molar-refractivity contribution in [3.05, 3.63) is 18.2 Å². The average Bonchev–Trinajstić information content (AvgIpc) is 2.92. The van der Waals surface area contributed by atoms with Crippen molar-refractivity contribution in [2.24, 2.45) is 0 Å². The fourth-order valence-electron chi connectivity index (χ4n) is 2.48. The van der Waals surface area contributed by atoms with Crippen LogP contribution in [0.3, 0.4) is 0 Å². The standard InChI is InChI=1S/C16H32N2O5Si/c1-5-21-24(22-6-2,23-7-3)10-8-9-20-13-16(19)12-18-11-15(4)17-14-18/h11,14,16,19H,5-10,12-13H2,1-4H3. The van der Waals surface area contributed by atoms with Crippen molar-refractivity contribution >= 4 is 8.80 Å². The van der Waals surface area contributed by atoms with E-state index in [1.165, 1.54) is 0 Å². The van der Waals surface area contributed by atoms with Gasteiger partial charge in [0.2, 0.25) is 0 Å². The number of aliphatic hydroxyl groups is 1. The molecular weight excluding hydrogens is 328 g/mol. The largest absolute Gasteiger partial charge is 0.501 e. The third-order valence-electron chi connectivity index (χ3n) is 3.36. The second-order valence-electron chi connectivity index (χ2n) is 5.53. The molecule has 1 heterocycles. The lowest BCUT2D eigenvalue weighted by atomic mass is 10.4. The second-order valence-corrected chi connectivity index (χ2v) is 8.26. The summed E-state index contributed by atoms with van der Waals surface area (Å²) in [5.74, 6) is 0. The predicted octanol–water partition coefficient (Wildman–Crippen LogP) is 2.01. The number of hydrogen-bond donors (Lipinski definition) is 1. The van der Waals surface area contributed by atoms with Gasteiger partial charge in [0.1, 0.15) is 0 Å². The minimum atomic E-state index is -2.59. The third kappa shape index (κ3) is 7.87. The summed E-state index contributed by atoms with van der Waals surface area (Å²) in [7, 11) is -2.59. The van der Waals surface area contributed by atoms with E-state index in [1.54, 1.807) is 6.33 Å². The molecule has 8 heteroatoms. The lowest BCUT2D eigenvalue weighted by Gasteiger charge is -2.28. The molecule has 1 unspecified atom stereocenters. The molecule has 1 aromatic rings. The molecule has 0 bridgehead atoms. The molecule has 0 aliphatic heterocycles. The zero-order chi connectivity index (χ0) is 17.8. The Labute approximate surface area is 146 Å². The van der Waals surface area contributed by atoms with Crippen LogP contribution in [0.1, 0.15) is 32.9 Å². The first kappa shape index (κ1) is 21.3. The van der Waals surface area contributed by atoms with Crippen molar-refractivity contribution in [3.63, 3.8) is 0 Å². The van der Waals surface area contributed by atoms with Crippen LogP contribution in [-0.2, 0) is 24.6 Å². The van der Waals surface area contributed by atoms with Crippen LogP contribution in [0.2, 0.25) is 6.04 Å². The van der Waals surface area contributed by atoms with E-state index in [2.05, 4.69) is 4.98 Å². The molecule has 0 saturated carbocycles. The molecule has 0 fully saturated rings. The lowest BCUT2D eigenvalue weighted by molar-refractivity contribution is 0.0249. The minimum absolute atomic E-state index is 0.295. The summed E-state index contributed by atoms with van der Waals surface area (Å²) in [6.07, 6.45) is 3.84.